The van der Waals surface area contributed by atoms with Crippen molar-refractivity contribution in [3.05, 3.63) is 0 Å². The lowest BCUT2D eigenvalue weighted by Crippen LogP contribution is -2.57. The summed E-state index contributed by atoms with van der Waals surface area (Å²) >= 11 is 0. The molecule has 0 heterocycles. The van der Waals surface area contributed by atoms with E-state index in [4.69, 9.17) is 5.11 Å². The maximum atomic E-state index is 12.3. The van der Waals surface area contributed by atoms with Crippen molar-refractivity contribution >= 4 is 12.0 Å². The molecule has 0 aliphatic heterocycles. The van der Waals surface area contributed by atoms with E-state index in [1.165, 1.54) is 0 Å². The Hall–Kier alpha value is -1.26. The van der Waals surface area contributed by atoms with Crippen LogP contribution >= 0.6 is 0 Å². The average Bonchev–Trinajstić information content (AvgIpc) is 2.83. The fourth-order valence-electron chi connectivity index (χ4n) is 3.22. The van der Waals surface area contributed by atoms with E-state index in [1.807, 2.05) is 0 Å². The second-order valence-electron chi connectivity index (χ2n) is 5.98. The number of amides is 2. The molecule has 5 heteroatoms. The van der Waals surface area contributed by atoms with Crippen molar-refractivity contribution < 1.29 is 14.7 Å². The molecule has 0 bridgehead atoms. The number of hydrogen-bond donors (Lipinski definition) is 3. The Bertz CT molecular complexity index is 337. The van der Waals surface area contributed by atoms with Gasteiger partial charge in [0.15, 0.2) is 0 Å². The summed E-state index contributed by atoms with van der Waals surface area (Å²) in [5, 5.41) is 15.1. The molecule has 2 amide bonds. The Morgan fingerprint density at radius 2 is 1.60 bits per heavy atom. The predicted octanol–water partition coefficient (Wildman–Crippen LogP) is 3.04. The van der Waals surface area contributed by atoms with E-state index in [0.29, 0.717) is 0 Å². The van der Waals surface area contributed by atoms with Gasteiger partial charge in [-0.05, 0) is 32.1 Å². The number of urea groups is 1. The highest BCUT2D eigenvalue weighted by atomic mass is 16.4. The molecule has 0 radical (unpaired) electrons. The van der Waals surface area contributed by atoms with E-state index < -0.39 is 11.5 Å². The number of carbonyl (C=O) groups excluding carboxylic acids is 1. The summed E-state index contributed by atoms with van der Waals surface area (Å²) in [5.74, 6) is -0.847. The van der Waals surface area contributed by atoms with Crippen LogP contribution in [-0.2, 0) is 4.79 Å². The predicted molar refractivity (Wildman–Crippen MR) is 78.7 cm³/mol. The molecule has 3 N–H and O–H groups in total. The fraction of sp³-hybridized carbons (Fsp3) is 0.867. The molecule has 1 rings (SSSR count). The third-order valence-electron chi connectivity index (χ3n) is 4.84. The molecule has 20 heavy (non-hydrogen) atoms. The summed E-state index contributed by atoms with van der Waals surface area (Å²) < 4.78 is 0. The number of nitrogens with one attached hydrogen (secondary N) is 2. The van der Waals surface area contributed by atoms with Crippen molar-refractivity contribution in [3.8, 4) is 0 Å². The van der Waals surface area contributed by atoms with Crippen molar-refractivity contribution in [1.29, 1.82) is 0 Å². The summed E-state index contributed by atoms with van der Waals surface area (Å²) in [7, 11) is 0. The summed E-state index contributed by atoms with van der Waals surface area (Å²) in [6.07, 6.45) is 6.10. The zero-order valence-electron chi connectivity index (χ0n) is 12.9. The molecule has 116 valence electrons. The second-order valence-corrected chi connectivity index (χ2v) is 5.98. The van der Waals surface area contributed by atoms with E-state index in [9.17, 15) is 9.59 Å². The van der Waals surface area contributed by atoms with Gasteiger partial charge in [-0.2, -0.15) is 0 Å². The summed E-state index contributed by atoms with van der Waals surface area (Å²) in [4.78, 5) is 23.3. The zero-order chi connectivity index (χ0) is 15.2. The molecule has 0 atom stereocenters. The topological polar surface area (TPSA) is 78.4 Å². The molecule has 0 spiro atoms. The number of aliphatic carboxylic acids is 1. The Labute approximate surface area is 121 Å². The van der Waals surface area contributed by atoms with Gasteiger partial charge in [-0.1, -0.05) is 33.6 Å². The maximum absolute atomic E-state index is 12.3. The first-order valence-corrected chi connectivity index (χ1v) is 7.73. The van der Waals surface area contributed by atoms with Crippen LogP contribution in [0.5, 0.6) is 0 Å². The van der Waals surface area contributed by atoms with Crippen molar-refractivity contribution in [1.82, 2.24) is 10.6 Å². The van der Waals surface area contributed by atoms with Gasteiger partial charge in [-0.15, -0.1) is 0 Å². The Balaban J connectivity index is 2.69. The lowest BCUT2D eigenvalue weighted by molar-refractivity contribution is -0.138. The third kappa shape index (κ3) is 4.12. The summed E-state index contributed by atoms with van der Waals surface area (Å²) in [6.45, 7) is 6.20. The highest BCUT2D eigenvalue weighted by Crippen LogP contribution is 2.32. The van der Waals surface area contributed by atoms with E-state index in [-0.39, 0.29) is 18.0 Å². The van der Waals surface area contributed by atoms with Gasteiger partial charge in [-0.3, -0.25) is 4.79 Å². The van der Waals surface area contributed by atoms with Crippen LogP contribution in [0.25, 0.3) is 0 Å². The van der Waals surface area contributed by atoms with Crippen LogP contribution in [0.15, 0.2) is 0 Å². The molecule has 0 aromatic heterocycles. The monoisotopic (exact) mass is 284 g/mol. The number of carboxylic acid groups (broad SMARTS) is 1. The summed E-state index contributed by atoms with van der Waals surface area (Å²) in [6, 6.07) is -0.223. The number of rotatable bonds is 7. The largest absolute Gasteiger partial charge is 0.481 e. The lowest BCUT2D eigenvalue weighted by atomic mass is 9.89. The molecule has 1 fully saturated rings. The van der Waals surface area contributed by atoms with E-state index in [1.54, 1.807) is 0 Å². The maximum Gasteiger partial charge on any atom is 0.315 e. The molecule has 1 aliphatic carbocycles. The Kier molecular flexibility index (Phi) is 5.84. The second kappa shape index (κ2) is 6.95. The van der Waals surface area contributed by atoms with Crippen molar-refractivity contribution in [2.24, 2.45) is 0 Å². The number of carbonyl (C=O) groups is 2. The van der Waals surface area contributed by atoms with Gasteiger partial charge >= 0.3 is 12.0 Å². The SMILES string of the molecule is CCC(CC)(CC)NC(=O)NC1(CC(=O)O)CCCC1. The van der Waals surface area contributed by atoms with Gasteiger partial charge < -0.3 is 15.7 Å². The molecular weight excluding hydrogens is 256 g/mol. The van der Waals surface area contributed by atoms with E-state index in [2.05, 4.69) is 31.4 Å². The average molecular weight is 284 g/mol. The van der Waals surface area contributed by atoms with Gasteiger partial charge in [0.05, 0.1) is 12.0 Å². The van der Waals surface area contributed by atoms with E-state index >= 15 is 0 Å². The first-order chi connectivity index (χ1) is 9.41. The molecular formula is C15H28N2O3. The van der Waals surface area contributed by atoms with Crippen LogP contribution in [0.1, 0.15) is 72.1 Å². The highest BCUT2D eigenvalue weighted by molar-refractivity contribution is 5.77. The molecule has 1 saturated carbocycles. The number of carboxylic acids is 1. The van der Waals surface area contributed by atoms with Gasteiger partial charge in [-0.25, -0.2) is 4.79 Å². The van der Waals surface area contributed by atoms with E-state index in [0.717, 1.165) is 44.9 Å². The van der Waals surface area contributed by atoms with Crippen LogP contribution in [-0.4, -0.2) is 28.2 Å². The molecule has 0 unspecified atom stereocenters. The van der Waals surface area contributed by atoms with Gasteiger partial charge in [0, 0.05) is 5.54 Å². The summed E-state index contributed by atoms with van der Waals surface area (Å²) in [5.41, 5.74) is -0.746. The first-order valence-electron chi connectivity index (χ1n) is 7.73. The minimum absolute atomic E-state index is 0.0117. The minimum atomic E-state index is -0.847. The molecule has 0 aromatic rings. The minimum Gasteiger partial charge on any atom is -0.481 e. The first kappa shape index (κ1) is 16.8. The van der Waals surface area contributed by atoms with Crippen LogP contribution in [0, 0.1) is 0 Å². The lowest BCUT2D eigenvalue weighted by Gasteiger charge is -2.35. The highest BCUT2D eigenvalue weighted by Gasteiger charge is 2.38. The van der Waals surface area contributed by atoms with Gasteiger partial charge in [0.25, 0.3) is 0 Å². The number of hydrogen-bond acceptors (Lipinski definition) is 2. The Morgan fingerprint density at radius 3 is 2.00 bits per heavy atom. The third-order valence-corrected chi connectivity index (χ3v) is 4.84. The smallest absolute Gasteiger partial charge is 0.315 e. The van der Waals surface area contributed by atoms with Crippen LogP contribution in [0.2, 0.25) is 0 Å². The van der Waals surface area contributed by atoms with Crippen LogP contribution < -0.4 is 10.6 Å². The quantitative estimate of drug-likeness (QED) is 0.672. The van der Waals surface area contributed by atoms with Crippen molar-refractivity contribution in [2.45, 2.75) is 83.2 Å². The molecule has 0 saturated heterocycles. The van der Waals surface area contributed by atoms with Crippen LogP contribution in [0.3, 0.4) is 0 Å². The molecule has 1 aliphatic rings. The van der Waals surface area contributed by atoms with Crippen molar-refractivity contribution in [3.63, 3.8) is 0 Å². The fourth-order valence-corrected chi connectivity index (χ4v) is 3.22. The van der Waals surface area contributed by atoms with Crippen molar-refractivity contribution in [2.75, 3.05) is 0 Å². The standard InChI is InChI=1S/C15H28N2O3/c1-4-14(5-2,6-3)16-13(20)17-15(11-12(18)19)9-7-8-10-15/h4-11H2,1-3H3,(H,18,19)(H2,16,17,20). The molecule has 0 aromatic carbocycles. The van der Waals surface area contributed by atoms with Crippen LogP contribution in [0.4, 0.5) is 4.79 Å². The van der Waals surface area contributed by atoms with Gasteiger partial charge in [0.1, 0.15) is 0 Å². The Morgan fingerprint density at radius 1 is 1.10 bits per heavy atom. The van der Waals surface area contributed by atoms with Gasteiger partial charge in [0.2, 0.25) is 0 Å². The zero-order valence-corrected chi connectivity index (χ0v) is 12.9. The molecule has 5 nitrogen and oxygen atoms in total. The normalized spacial score (nSPS) is 17.8.